The molecule has 1 aliphatic heterocycles. The highest BCUT2D eigenvalue weighted by Crippen LogP contribution is 2.18. The van der Waals surface area contributed by atoms with Crippen molar-refractivity contribution in [1.82, 2.24) is 10.2 Å². The van der Waals surface area contributed by atoms with Gasteiger partial charge in [0, 0.05) is 32.8 Å². The van der Waals surface area contributed by atoms with E-state index in [2.05, 4.69) is 19.2 Å². The van der Waals surface area contributed by atoms with E-state index in [9.17, 15) is 9.59 Å². The Morgan fingerprint density at radius 1 is 1.35 bits per heavy atom. The second-order valence-corrected chi connectivity index (χ2v) is 6.40. The molecule has 0 bridgehead atoms. The Bertz CT molecular complexity index is 366. The summed E-state index contributed by atoms with van der Waals surface area (Å²) in [6, 6.07) is 0. The molecule has 0 saturated carbocycles. The molecular weight excluding hydrogens is 318 g/mol. The van der Waals surface area contributed by atoms with Gasteiger partial charge in [0.1, 0.15) is 6.10 Å². The van der Waals surface area contributed by atoms with Gasteiger partial charge in [0.05, 0.1) is 5.92 Å². The van der Waals surface area contributed by atoms with E-state index in [0.29, 0.717) is 38.7 Å². The van der Waals surface area contributed by atoms with E-state index in [-0.39, 0.29) is 30.1 Å². The summed E-state index contributed by atoms with van der Waals surface area (Å²) in [6.45, 7) is 8.75. The average Bonchev–Trinajstić information content (AvgIpc) is 2.51. The number of nitrogens with two attached hydrogens (primary N) is 1. The number of hydrogen-bond donors (Lipinski definition) is 2. The molecule has 2 unspecified atom stereocenters. The van der Waals surface area contributed by atoms with Gasteiger partial charge in [-0.3, -0.25) is 9.59 Å². The summed E-state index contributed by atoms with van der Waals surface area (Å²) in [5, 5.41) is 2.80. The number of amides is 2. The average molecular weight is 350 g/mol. The van der Waals surface area contributed by atoms with Crippen LogP contribution >= 0.6 is 12.4 Å². The van der Waals surface area contributed by atoms with Crippen molar-refractivity contribution in [3.05, 3.63) is 0 Å². The molecule has 0 aromatic rings. The maximum absolute atomic E-state index is 12.4. The Hall–Kier alpha value is -0.850. The van der Waals surface area contributed by atoms with Crippen LogP contribution in [0.4, 0.5) is 0 Å². The fourth-order valence-corrected chi connectivity index (χ4v) is 2.54. The van der Waals surface area contributed by atoms with Gasteiger partial charge in [0.15, 0.2) is 0 Å². The minimum Gasteiger partial charge on any atom is -0.369 e. The lowest BCUT2D eigenvalue weighted by Gasteiger charge is -2.33. The molecule has 1 fully saturated rings. The van der Waals surface area contributed by atoms with E-state index >= 15 is 0 Å². The number of carbonyl (C=O) groups excluding carboxylic acids is 2. The minimum atomic E-state index is -0.440. The maximum atomic E-state index is 12.4. The van der Waals surface area contributed by atoms with E-state index in [4.69, 9.17) is 10.5 Å². The smallest absolute Gasteiger partial charge is 0.251 e. The van der Waals surface area contributed by atoms with Crippen LogP contribution in [0.15, 0.2) is 0 Å². The van der Waals surface area contributed by atoms with Gasteiger partial charge in [-0.25, -0.2) is 0 Å². The molecule has 1 heterocycles. The second kappa shape index (κ2) is 11.6. The molecule has 2 atom stereocenters. The fraction of sp³-hybridized carbons (Fsp3) is 0.875. The molecular formula is C16H32ClN3O3. The van der Waals surface area contributed by atoms with Crippen LogP contribution in [-0.2, 0) is 14.3 Å². The number of halogens is 1. The largest absolute Gasteiger partial charge is 0.369 e. The van der Waals surface area contributed by atoms with Crippen molar-refractivity contribution in [3.8, 4) is 0 Å². The Balaban J connectivity index is 0.00000484. The first-order chi connectivity index (χ1) is 10.5. The van der Waals surface area contributed by atoms with Gasteiger partial charge in [0.25, 0.3) is 5.91 Å². The van der Waals surface area contributed by atoms with Gasteiger partial charge in [-0.05, 0) is 32.1 Å². The van der Waals surface area contributed by atoms with Crippen molar-refractivity contribution >= 4 is 24.2 Å². The molecule has 6 nitrogen and oxygen atoms in total. The lowest BCUT2D eigenvalue weighted by molar-refractivity contribution is -0.145. The maximum Gasteiger partial charge on any atom is 0.251 e. The van der Waals surface area contributed by atoms with E-state index in [1.165, 1.54) is 0 Å². The summed E-state index contributed by atoms with van der Waals surface area (Å²) in [7, 11) is 0. The first-order valence-corrected chi connectivity index (χ1v) is 8.33. The van der Waals surface area contributed by atoms with E-state index < -0.39 is 6.10 Å². The number of nitrogens with zero attached hydrogens (tertiary/aromatic N) is 1. The zero-order valence-corrected chi connectivity index (χ0v) is 15.4. The Kier molecular flexibility index (Phi) is 11.2. The quantitative estimate of drug-likeness (QED) is 0.689. The summed E-state index contributed by atoms with van der Waals surface area (Å²) in [5.41, 5.74) is 5.39. The Morgan fingerprint density at radius 2 is 2.04 bits per heavy atom. The molecule has 1 rings (SSSR count). The number of ether oxygens (including phenoxy) is 1. The van der Waals surface area contributed by atoms with Gasteiger partial charge < -0.3 is 20.7 Å². The van der Waals surface area contributed by atoms with Gasteiger partial charge in [-0.2, -0.15) is 0 Å². The Morgan fingerprint density at radius 3 is 2.65 bits per heavy atom. The molecule has 23 heavy (non-hydrogen) atoms. The topological polar surface area (TPSA) is 84.7 Å². The molecule has 136 valence electrons. The number of carbonyl (C=O) groups is 2. The van der Waals surface area contributed by atoms with Crippen LogP contribution < -0.4 is 11.1 Å². The molecule has 3 N–H and O–H groups in total. The van der Waals surface area contributed by atoms with Crippen molar-refractivity contribution < 1.29 is 14.3 Å². The standard InChI is InChI=1S/C16H31N3O3.ClH/c1-12(2)6-10-22-13(3)16(21)19-9-4-5-14(11-19)15(20)18-8-7-17;/h12-14H,4-11,17H2,1-3H3,(H,18,20);1H. The molecule has 0 aromatic carbocycles. The molecule has 0 aromatic heterocycles. The van der Waals surface area contributed by atoms with Crippen molar-refractivity contribution in [3.63, 3.8) is 0 Å². The monoisotopic (exact) mass is 349 g/mol. The first kappa shape index (κ1) is 22.1. The zero-order valence-electron chi connectivity index (χ0n) is 14.5. The third kappa shape index (κ3) is 7.99. The summed E-state index contributed by atoms with van der Waals surface area (Å²) in [4.78, 5) is 26.2. The normalized spacial score (nSPS) is 19.2. The van der Waals surface area contributed by atoms with Crippen molar-refractivity contribution in [1.29, 1.82) is 0 Å². The zero-order chi connectivity index (χ0) is 16.5. The molecule has 0 spiro atoms. The Labute approximate surface area is 145 Å². The molecule has 1 saturated heterocycles. The summed E-state index contributed by atoms with van der Waals surface area (Å²) in [5.74, 6) is 0.413. The van der Waals surface area contributed by atoms with Gasteiger partial charge in [-0.15, -0.1) is 12.4 Å². The number of hydrogen-bond acceptors (Lipinski definition) is 4. The number of rotatable bonds is 8. The van der Waals surface area contributed by atoms with Crippen molar-refractivity contribution in [2.24, 2.45) is 17.6 Å². The third-order valence-electron chi connectivity index (χ3n) is 3.96. The number of nitrogens with one attached hydrogen (secondary N) is 1. The lowest BCUT2D eigenvalue weighted by atomic mass is 9.96. The van der Waals surface area contributed by atoms with Crippen molar-refractivity contribution in [2.45, 2.75) is 46.1 Å². The van der Waals surface area contributed by atoms with Crippen LogP contribution in [0, 0.1) is 11.8 Å². The minimum absolute atomic E-state index is 0. The van der Waals surface area contributed by atoms with Crippen LogP contribution in [0.5, 0.6) is 0 Å². The lowest BCUT2D eigenvalue weighted by Crippen LogP contribution is -2.49. The second-order valence-electron chi connectivity index (χ2n) is 6.40. The summed E-state index contributed by atoms with van der Waals surface area (Å²) in [6.07, 6.45) is 2.18. The molecule has 0 aliphatic carbocycles. The van der Waals surface area contributed by atoms with Gasteiger partial charge in [0.2, 0.25) is 5.91 Å². The number of piperidine rings is 1. The highest BCUT2D eigenvalue weighted by molar-refractivity contribution is 5.85. The van der Waals surface area contributed by atoms with Crippen LogP contribution in [0.2, 0.25) is 0 Å². The van der Waals surface area contributed by atoms with E-state index in [1.807, 2.05) is 0 Å². The predicted molar refractivity (Wildman–Crippen MR) is 93.5 cm³/mol. The third-order valence-corrected chi connectivity index (χ3v) is 3.96. The fourth-order valence-electron chi connectivity index (χ4n) is 2.54. The van der Waals surface area contributed by atoms with Gasteiger partial charge >= 0.3 is 0 Å². The predicted octanol–water partition coefficient (Wildman–Crippen LogP) is 1.17. The van der Waals surface area contributed by atoms with E-state index in [0.717, 1.165) is 19.3 Å². The summed E-state index contributed by atoms with van der Waals surface area (Å²) >= 11 is 0. The number of likely N-dealkylation sites (tertiary alicyclic amines) is 1. The van der Waals surface area contributed by atoms with Gasteiger partial charge in [-0.1, -0.05) is 13.8 Å². The molecule has 0 radical (unpaired) electrons. The molecule has 7 heteroatoms. The highest BCUT2D eigenvalue weighted by Gasteiger charge is 2.30. The first-order valence-electron chi connectivity index (χ1n) is 8.33. The van der Waals surface area contributed by atoms with Crippen LogP contribution in [-0.4, -0.2) is 55.6 Å². The van der Waals surface area contributed by atoms with E-state index in [1.54, 1.807) is 11.8 Å². The molecule has 1 aliphatic rings. The SMILES string of the molecule is CC(C)CCOC(C)C(=O)N1CCCC(C(=O)NCCN)C1.Cl. The van der Waals surface area contributed by atoms with Crippen LogP contribution in [0.25, 0.3) is 0 Å². The highest BCUT2D eigenvalue weighted by atomic mass is 35.5. The summed E-state index contributed by atoms with van der Waals surface area (Å²) < 4.78 is 5.62. The molecule has 2 amide bonds. The van der Waals surface area contributed by atoms with Crippen LogP contribution in [0.1, 0.15) is 40.0 Å². The van der Waals surface area contributed by atoms with Crippen LogP contribution in [0.3, 0.4) is 0 Å². The van der Waals surface area contributed by atoms with Crippen molar-refractivity contribution in [2.75, 3.05) is 32.8 Å².